The summed E-state index contributed by atoms with van der Waals surface area (Å²) in [6.07, 6.45) is -1.92. The summed E-state index contributed by atoms with van der Waals surface area (Å²) in [5.74, 6) is -1.05. The van der Waals surface area contributed by atoms with Gasteiger partial charge in [0.1, 0.15) is 0 Å². The van der Waals surface area contributed by atoms with Gasteiger partial charge < -0.3 is 20.1 Å². The Balaban J connectivity index is 2.60. The fourth-order valence-electron chi connectivity index (χ4n) is 1.92. The Morgan fingerprint density at radius 2 is 1.96 bits per heavy atom. The van der Waals surface area contributed by atoms with Gasteiger partial charge in [0.2, 0.25) is 12.7 Å². The third kappa shape index (κ3) is 6.91. The number of amides is 2. The highest BCUT2D eigenvalue weighted by Crippen LogP contribution is 2.57. The molecule has 1 aliphatic rings. The van der Waals surface area contributed by atoms with Crippen LogP contribution >= 0.6 is 7.82 Å². The van der Waals surface area contributed by atoms with Crippen LogP contribution in [-0.2, 0) is 37.2 Å². The molecule has 0 aromatic heterocycles. The Hall–Kier alpha value is -1.68. The lowest BCUT2D eigenvalue weighted by atomic mass is 9.87. The van der Waals surface area contributed by atoms with Crippen molar-refractivity contribution >= 4 is 25.8 Å². The third-order valence-electron chi connectivity index (χ3n) is 3.36. The van der Waals surface area contributed by atoms with E-state index >= 15 is 0 Å². The first-order valence-corrected chi connectivity index (χ1v) is 9.42. The predicted octanol–water partition coefficient (Wildman–Crippen LogP) is 0.936. The van der Waals surface area contributed by atoms with E-state index in [9.17, 15) is 18.9 Å². The molecule has 0 unspecified atom stereocenters. The molecule has 0 spiro atoms. The Bertz CT molecular complexity index is 567. The van der Waals surface area contributed by atoms with Gasteiger partial charge in [-0.05, 0) is 6.92 Å². The second kappa shape index (κ2) is 9.86. The van der Waals surface area contributed by atoms with E-state index in [0.29, 0.717) is 6.54 Å². The van der Waals surface area contributed by atoms with Crippen molar-refractivity contribution < 1.29 is 42.0 Å². The molecule has 2 amide bonds. The second-order valence-electron chi connectivity index (χ2n) is 6.02. The molecule has 0 aliphatic carbocycles. The zero-order chi connectivity index (χ0) is 19.8. The Morgan fingerprint density at radius 3 is 2.58 bits per heavy atom. The molecule has 1 rings (SSSR count). The van der Waals surface area contributed by atoms with Gasteiger partial charge in [0.25, 0.3) is 0 Å². The van der Waals surface area contributed by atoms with Crippen LogP contribution in [0.15, 0.2) is 0 Å². The first kappa shape index (κ1) is 22.4. The Kier molecular flexibility index (Phi) is 8.48. The van der Waals surface area contributed by atoms with Crippen LogP contribution in [0.4, 0.5) is 4.79 Å². The van der Waals surface area contributed by atoms with E-state index in [-0.39, 0.29) is 19.6 Å². The molecular weight excluding hydrogens is 371 g/mol. The van der Waals surface area contributed by atoms with Crippen LogP contribution in [0.25, 0.3) is 0 Å². The molecule has 0 bridgehead atoms. The van der Waals surface area contributed by atoms with E-state index in [1.807, 2.05) is 0 Å². The topological polar surface area (TPSA) is 138 Å². The molecule has 1 fully saturated rings. The van der Waals surface area contributed by atoms with Crippen LogP contribution in [-0.4, -0.2) is 57.7 Å². The zero-order valence-electron chi connectivity index (χ0n) is 15.2. The largest absolute Gasteiger partial charge is 0.478 e. The van der Waals surface area contributed by atoms with Crippen LogP contribution < -0.4 is 10.6 Å². The molecule has 1 saturated heterocycles. The van der Waals surface area contributed by atoms with Crippen molar-refractivity contribution in [2.45, 2.75) is 33.3 Å². The van der Waals surface area contributed by atoms with Gasteiger partial charge >= 0.3 is 19.9 Å². The molecule has 11 nitrogen and oxygen atoms in total. The number of carbonyl (C=O) groups excluding carboxylic acids is 3. The van der Waals surface area contributed by atoms with Crippen molar-refractivity contribution in [1.82, 2.24) is 10.6 Å². The average molecular weight is 396 g/mol. The molecule has 2 atom stereocenters. The predicted molar refractivity (Wildman–Crippen MR) is 88.0 cm³/mol. The lowest BCUT2D eigenvalue weighted by molar-refractivity contribution is -0.144. The fraction of sp³-hybridized carbons (Fsp3) is 0.786. The number of carbonyl (C=O) groups is 3. The van der Waals surface area contributed by atoms with E-state index in [2.05, 4.69) is 20.1 Å². The summed E-state index contributed by atoms with van der Waals surface area (Å²) in [7, 11) is -2.85. The summed E-state index contributed by atoms with van der Waals surface area (Å²) >= 11 is 0. The number of ether oxygens (including phenoxy) is 2. The van der Waals surface area contributed by atoms with E-state index in [1.54, 1.807) is 20.8 Å². The molecule has 26 heavy (non-hydrogen) atoms. The number of methoxy groups -OCH3 is 1. The van der Waals surface area contributed by atoms with Gasteiger partial charge in [0.15, 0.2) is 6.10 Å². The van der Waals surface area contributed by atoms with E-state index in [4.69, 9.17) is 13.6 Å². The van der Waals surface area contributed by atoms with Crippen LogP contribution in [0.3, 0.4) is 0 Å². The zero-order valence-corrected chi connectivity index (χ0v) is 16.1. The number of esters is 1. The van der Waals surface area contributed by atoms with Crippen LogP contribution in [0.1, 0.15) is 27.2 Å². The first-order chi connectivity index (χ1) is 12.1. The summed E-state index contributed by atoms with van der Waals surface area (Å²) in [5, 5.41) is 4.87. The third-order valence-corrected chi connectivity index (χ3v) is 4.69. The molecule has 1 aliphatic heterocycles. The Labute approximate surface area is 151 Å². The minimum absolute atomic E-state index is 0.0135. The van der Waals surface area contributed by atoms with Gasteiger partial charge in [-0.1, -0.05) is 13.8 Å². The highest BCUT2D eigenvalue weighted by Gasteiger charge is 2.49. The van der Waals surface area contributed by atoms with Crippen molar-refractivity contribution in [1.29, 1.82) is 0 Å². The van der Waals surface area contributed by atoms with Crippen molar-refractivity contribution in [3.63, 3.8) is 0 Å². The number of hydrogen-bond donors (Lipinski definition) is 2. The fourth-order valence-corrected chi connectivity index (χ4v) is 3.42. The quantitative estimate of drug-likeness (QED) is 0.348. The number of rotatable bonds is 8. The van der Waals surface area contributed by atoms with E-state index in [0.717, 1.165) is 0 Å². The minimum atomic E-state index is -4.09. The summed E-state index contributed by atoms with van der Waals surface area (Å²) in [5.41, 5.74) is -0.799. The van der Waals surface area contributed by atoms with Crippen molar-refractivity contribution in [2.75, 3.05) is 33.6 Å². The summed E-state index contributed by atoms with van der Waals surface area (Å²) in [4.78, 5) is 34.6. The normalized spacial score (nSPS) is 24.4. The SMILES string of the molecule is CCNC(=O)OCO[P@@]1(=O)OCC(C)(C)[C@H](C(=O)NCCC(=O)OC)O1. The smallest absolute Gasteiger partial charge is 0.469 e. The lowest BCUT2D eigenvalue weighted by Gasteiger charge is -2.39. The first-order valence-electron chi connectivity index (χ1n) is 7.96. The summed E-state index contributed by atoms with van der Waals surface area (Å²) in [6.45, 7) is 4.71. The number of alkyl carbamates (subject to hydrolysis) is 1. The maximum absolute atomic E-state index is 12.5. The standard InChI is InChI=1S/C14H25N2O9P/c1-5-15-13(19)22-9-24-26(20)23-8-14(2,3)11(25-26)12(18)16-7-6-10(17)21-4/h11H,5-9H2,1-4H3,(H,15,19)(H,16,18)/t11-,26+/m0/s1. The van der Waals surface area contributed by atoms with Crippen molar-refractivity contribution in [2.24, 2.45) is 5.41 Å². The maximum Gasteiger partial charge on any atom is 0.478 e. The highest BCUT2D eigenvalue weighted by atomic mass is 31.2. The van der Waals surface area contributed by atoms with Gasteiger partial charge in [-0.15, -0.1) is 0 Å². The van der Waals surface area contributed by atoms with Crippen molar-refractivity contribution in [3.05, 3.63) is 0 Å². The second-order valence-corrected chi connectivity index (χ2v) is 7.64. The maximum atomic E-state index is 12.5. The van der Waals surface area contributed by atoms with Crippen LogP contribution in [0.5, 0.6) is 0 Å². The van der Waals surface area contributed by atoms with Gasteiger partial charge in [0.05, 0.1) is 20.1 Å². The van der Waals surface area contributed by atoms with Gasteiger partial charge in [0, 0.05) is 18.5 Å². The van der Waals surface area contributed by atoms with Crippen LogP contribution in [0, 0.1) is 5.41 Å². The molecule has 1 heterocycles. The van der Waals surface area contributed by atoms with Crippen molar-refractivity contribution in [3.8, 4) is 0 Å². The average Bonchev–Trinajstić information content (AvgIpc) is 2.57. The van der Waals surface area contributed by atoms with Gasteiger partial charge in [-0.3, -0.25) is 18.6 Å². The Morgan fingerprint density at radius 1 is 1.27 bits per heavy atom. The number of nitrogens with one attached hydrogen (secondary N) is 2. The highest BCUT2D eigenvalue weighted by molar-refractivity contribution is 7.48. The lowest BCUT2D eigenvalue weighted by Crippen LogP contribution is -2.50. The number of hydrogen-bond acceptors (Lipinski definition) is 9. The molecule has 12 heteroatoms. The minimum Gasteiger partial charge on any atom is -0.469 e. The molecule has 2 N–H and O–H groups in total. The summed E-state index contributed by atoms with van der Waals surface area (Å²) in [6, 6.07) is 0. The van der Waals surface area contributed by atoms with Gasteiger partial charge in [-0.25, -0.2) is 13.9 Å². The molecule has 0 aromatic rings. The van der Waals surface area contributed by atoms with Crippen LogP contribution in [0.2, 0.25) is 0 Å². The number of phosphoric ester groups is 1. The molecule has 0 saturated carbocycles. The summed E-state index contributed by atoms with van der Waals surface area (Å²) < 4.78 is 36.8. The monoisotopic (exact) mass is 396 g/mol. The van der Waals surface area contributed by atoms with E-state index in [1.165, 1.54) is 7.11 Å². The molecule has 150 valence electrons. The van der Waals surface area contributed by atoms with Gasteiger partial charge in [-0.2, -0.15) is 0 Å². The molecule has 0 radical (unpaired) electrons. The molecule has 0 aromatic carbocycles. The molecular formula is C14H25N2O9P. The number of phosphoric acid groups is 1. The van der Waals surface area contributed by atoms with E-state index < -0.39 is 44.1 Å².